The zero-order valence-corrected chi connectivity index (χ0v) is 12.6. The first-order chi connectivity index (χ1) is 9.80. The molecule has 1 saturated carbocycles. The fourth-order valence-electron chi connectivity index (χ4n) is 1.92. The number of benzene rings is 1. The lowest BCUT2D eigenvalue weighted by atomic mass is 10.1. The molecule has 1 atom stereocenters. The van der Waals surface area contributed by atoms with Crippen LogP contribution in [0.3, 0.4) is 0 Å². The average Bonchev–Trinajstić information content (AvgIpc) is 3.19. The van der Waals surface area contributed by atoms with E-state index in [4.69, 9.17) is 0 Å². The number of nitrogens with one attached hydrogen (secondary N) is 1. The van der Waals surface area contributed by atoms with Crippen LogP contribution in [-0.4, -0.2) is 25.5 Å². The Kier molecular flexibility index (Phi) is 4.65. The number of rotatable bonds is 5. The quantitative estimate of drug-likeness (QED) is 0.805. The van der Waals surface area contributed by atoms with Gasteiger partial charge in [0.25, 0.3) is 0 Å². The molecular weight excluding hydrogens is 355 g/mol. The van der Waals surface area contributed by atoms with Crippen molar-refractivity contribution in [2.45, 2.75) is 25.2 Å². The lowest BCUT2D eigenvalue weighted by molar-refractivity contribution is -0.274. The molecule has 4 nitrogen and oxygen atoms in total. The van der Waals surface area contributed by atoms with Crippen molar-refractivity contribution in [2.24, 2.45) is 5.92 Å². The van der Waals surface area contributed by atoms with Crippen LogP contribution in [0.5, 0.6) is 5.75 Å². The lowest BCUT2D eigenvalue weighted by Crippen LogP contribution is -2.33. The molecule has 0 spiro atoms. The lowest BCUT2D eigenvalue weighted by Gasteiger charge is -2.20. The van der Waals surface area contributed by atoms with Gasteiger partial charge in [-0.3, -0.25) is 0 Å². The Morgan fingerprint density at radius 2 is 2.10 bits per heavy atom. The van der Waals surface area contributed by atoms with Crippen molar-refractivity contribution in [2.75, 3.05) is 12.4 Å². The summed E-state index contributed by atoms with van der Waals surface area (Å²) < 4.78 is 46.4. The van der Waals surface area contributed by atoms with Gasteiger partial charge in [0.15, 0.2) is 5.75 Å². The van der Waals surface area contributed by atoms with E-state index in [1.807, 2.05) is 0 Å². The predicted octanol–water partition coefficient (Wildman–Crippen LogP) is 3.71. The highest BCUT2D eigenvalue weighted by molar-refractivity contribution is 9.10. The minimum absolute atomic E-state index is 0.0693. The third-order valence-electron chi connectivity index (χ3n) is 3.03. The summed E-state index contributed by atoms with van der Waals surface area (Å²) in [6.45, 7) is 0. The van der Waals surface area contributed by atoms with Crippen molar-refractivity contribution in [1.29, 1.82) is 0 Å². The van der Waals surface area contributed by atoms with Gasteiger partial charge in [0.1, 0.15) is 6.04 Å². The Labute approximate surface area is 127 Å². The molecule has 0 radical (unpaired) electrons. The summed E-state index contributed by atoms with van der Waals surface area (Å²) in [4.78, 5) is 11.7. The number of hydrogen-bond donors (Lipinski definition) is 1. The second-order valence-electron chi connectivity index (χ2n) is 4.67. The molecule has 1 aromatic rings. The highest BCUT2D eigenvalue weighted by Crippen LogP contribution is 2.38. The third-order valence-corrected chi connectivity index (χ3v) is 3.52. The number of carbonyl (C=O) groups excluding carboxylic acids is 1. The maximum Gasteiger partial charge on any atom is 0.573 e. The molecule has 8 heteroatoms. The van der Waals surface area contributed by atoms with Crippen molar-refractivity contribution in [1.82, 2.24) is 0 Å². The number of anilines is 1. The Balaban J connectivity index is 2.23. The average molecular weight is 368 g/mol. The topological polar surface area (TPSA) is 47.6 Å². The van der Waals surface area contributed by atoms with Gasteiger partial charge < -0.3 is 14.8 Å². The monoisotopic (exact) mass is 367 g/mol. The first-order valence-corrected chi connectivity index (χ1v) is 6.99. The molecule has 116 valence electrons. The molecular formula is C13H13BrF3NO3. The van der Waals surface area contributed by atoms with E-state index >= 15 is 0 Å². The number of carbonyl (C=O) groups is 1. The smallest absolute Gasteiger partial charge is 0.467 e. The van der Waals surface area contributed by atoms with Crippen LogP contribution in [0.2, 0.25) is 0 Å². The minimum atomic E-state index is -4.81. The third kappa shape index (κ3) is 4.52. The zero-order chi connectivity index (χ0) is 15.6. The second kappa shape index (κ2) is 6.13. The van der Waals surface area contributed by atoms with Gasteiger partial charge in [-0.2, -0.15) is 0 Å². The molecule has 0 amide bonds. The number of halogens is 4. The minimum Gasteiger partial charge on any atom is -0.467 e. The van der Waals surface area contributed by atoms with Crippen molar-refractivity contribution in [3.63, 3.8) is 0 Å². The maximum atomic E-state index is 12.4. The van der Waals surface area contributed by atoms with Crippen LogP contribution >= 0.6 is 15.9 Å². The van der Waals surface area contributed by atoms with Gasteiger partial charge >= 0.3 is 12.3 Å². The number of alkyl halides is 3. The van der Waals surface area contributed by atoms with Gasteiger partial charge in [-0.15, -0.1) is 13.2 Å². The molecule has 1 N–H and O–H groups in total. The van der Waals surface area contributed by atoms with Crippen LogP contribution in [0, 0.1) is 5.92 Å². The molecule has 1 aliphatic carbocycles. The fourth-order valence-corrected chi connectivity index (χ4v) is 2.26. The number of methoxy groups -OCH3 is 1. The van der Waals surface area contributed by atoms with Gasteiger partial charge in [-0.1, -0.05) is 15.9 Å². The van der Waals surface area contributed by atoms with E-state index in [1.54, 1.807) is 6.07 Å². The van der Waals surface area contributed by atoms with Crippen LogP contribution in [-0.2, 0) is 9.53 Å². The summed E-state index contributed by atoms with van der Waals surface area (Å²) in [5, 5.41) is 2.79. The SMILES string of the molecule is COC(=O)C(Nc1ccc(Br)cc1OC(F)(F)F)C1CC1. The summed E-state index contributed by atoms with van der Waals surface area (Å²) in [6, 6.07) is 3.50. The van der Waals surface area contributed by atoms with Crippen molar-refractivity contribution < 1.29 is 27.4 Å². The zero-order valence-electron chi connectivity index (χ0n) is 11.0. The second-order valence-corrected chi connectivity index (χ2v) is 5.59. The van der Waals surface area contributed by atoms with Gasteiger partial charge in [0.2, 0.25) is 0 Å². The first-order valence-electron chi connectivity index (χ1n) is 6.20. The van der Waals surface area contributed by atoms with E-state index in [1.165, 1.54) is 19.2 Å². The van der Waals surface area contributed by atoms with Crippen LogP contribution in [0.25, 0.3) is 0 Å². The van der Waals surface area contributed by atoms with Crippen molar-refractivity contribution >= 4 is 27.6 Å². The summed E-state index contributed by atoms with van der Waals surface area (Å²) >= 11 is 3.09. The molecule has 0 saturated heterocycles. The van der Waals surface area contributed by atoms with E-state index in [9.17, 15) is 18.0 Å². The summed E-state index contributed by atoms with van der Waals surface area (Å²) in [5.41, 5.74) is 0.0952. The van der Waals surface area contributed by atoms with E-state index in [0.717, 1.165) is 12.8 Å². The number of ether oxygens (including phenoxy) is 2. The summed E-state index contributed by atoms with van der Waals surface area (Å²) in [6.07, 6.45) is -3.14. The fraction of sp³-hybridized carbons (Fsp3) is 0.462. The Bertz CT molecular complexity index is 532. The molecule has 0 heterocycles. The van der Waals surface area contributed by atoms with Crippen LogP contribution in [0.15, 0.2) is 22.7 Å². The predicted molar refractivity (Wildman–Crippen MR) is 73.0 cm³/mol. The number of esters is 1. The summed E-state index contributed by atoms with van der Waals surface area (Å²) in [7, 11) is 1.24. The highest BCUT2D eigenvalue weighted by Gasteiger charge is 2.38. The Morgan fingerprint density at radius 1 is 1.43 bits per heavy atom. The van der Waals surface area contributed by atoms with Gasteiger partial charge in [-0.25, -0.2) is 4.79 Å². The van der Waals surface area contributed by atoms with E-state index in [0.29, 0.717) is 4.47 Å². The molecule has 1 aromatic carbocycles. The largest absolute Gasteiger partial charge is 0.573 e. The molecule has 0 aliphatic heterocycles. The van der Waals surface area contributed by atoms with E-state index in [2.05, 4.69) is 30.7 Å². The van der Waals surface area contributed by atoms with Crippen molar-refractivity contribution in [3.8, 4) is 5.75 Å². The molecule has 1 fully saturated rings. The molecule has 21 heavy (non-hydrogen) atoms. The Morgan fingerprint density at radius 3 is 2.62 bits per heavy atom. The Hall–Kier alpha value is -1.44. The molecule has 0 bridgehead atoms. The maximum absolute atomic E-state index is 12.4. The van der Waals surface area contributed by atoms with Gasteiger partial charge in [-0.05, 0) is 37.0 Å². The standard InChI is InChI=1S/C13H13BrF3NO3/c1-20-12(19)11(7-2-3-7)18-9-5-4-8(14)6-10(9)21-13(15,16)17/h4-7,11,18H,2-3H2,1H3. The van der Waals surface area contributed by atoms with Crippen molar-refractivity contribution in [3.05, 3.63) is 22.7 Å². The van der Waals surface area contributed by atoms with Crippen LogP contribution in [0.1, 0.15) is 12.8 Å². The van der Waals surface area contributed by atoms with Gasteiger partial charge in [0.05, 0.1) is 12.8 Å². The summed E-state index contributed by atoms with van der Waals surface area (Å²) in [5.74, 6) is -0.829. The molecule has 1 unspecified atom stereocenters. The van der Waals surface area contributed by atoms with Crippen LogP contribution < -0.4 is 10.1 Å². The molecule has 0 aromatic heterocycles. The first kappa shape index (κ1) is 15.9. The molecule has 1 aliphatic rings. The van der Waals surface area contributed by atoms with Crippen LogP contribution in [0.4, 0.5) is 18.9 Å². The van der Waals surface area contributed by atoms with E-state index in [-0.39, 0.29) is 11.6 Å². The van der Waals surface area contributed by atoms with Gasteiger partial charge in [0, 0.05) is 4.47 Å². The number of hydrogen-bond acceptors (Lipinski definition) is 4. The molecule has 2 rings (SSSR count). The highest BCUT2D eigenvalue weighted by atomic mass is 79.9. The van der Waals surface area contributed by atoms with E-state index < -0.39 is 24.1 Å². The normalized spacial score (nSPS) is 16.2.